The molecule has 1 aromatic rings. The number of alkyl halides is 2. The summed E-state index contributed by atoms with van der Waals surface area (Å²) in [5.74, 6) is -0.342. The van der Waals surface area contributed by atoms with Crippen LogP contribution in [0.5, 0.6) is 5.75 Å². The van der Waals surface area contributed by atoms with E-state index in [2.05, 4.69) is 15.9 Å². The molecule has 1 aromatic carbocycles. The first kappa shape index (κ1) is 11.7. The second-order valence-corrected chi connectivity index (χ2v) is 3.86. The summed E-state index contributed by atoms with van der Waals surface area (Å²) >= 11 is 8.60. The molecular formula is C8H7BrClF2NO. The number of phenols is 1. The predicted octanol–water partition coefficient (Wildman–Crippen LogP) is 3.07. The quantitative estimate of drug-likeness (QED) is 0.877. The maximum atomic E-state index is 12.2. The van der Waals surface area contributed by atoms with E-state index in [4.69, 9.17) is 17.3 Å². The molecule has 0 amide bonds. The van der Waals surface area contributed by atoms with Crippen LogP contribution in [-0.2, 0) is 0 Å². The van der Waals surface area contributed by atoms with Gasteiger partial charge in [-0.2, -0.15) is 0 Å². The van der Waals surface area contributed by atoms with Crippen molar-refractivity contribution in [2.45, 2.75) is 12.5 Å². The van der Waals surface area contributed by atoms with Crippen LogP contribution in [0.15, 0.2) is 16.6 Å². The summed E-state index contributed by atoms with van der Waals surface area (Å²) in [4.78, 5) is 0. The lowest BCUT2D eigenvalue weighted by Gasteiger charge is -2.13. The number of hydrogen-bond acceptors (Lipinski definition) is 2. The van der Waals surface area contributed by atoms with Gasteiger partial charge in [-0.15, -0.1) is 0 Å². The van der Waals surface area contributed by atoms with Gasteiger partial charge in [-0.25, -0.2) is 8.78 Å². The summed E-state index contributed by atoms with van der Waals surface area (Å²) in [7, 11) is 0. The number of benzene rings is 1. The van der Waals surface area contributed by atoms with Crippen molar-refractivity contribution in [3.63, 3.8) is 0 Å². The Morgan fingerprint density at radius 1 is 1.43 bits per heavy atom. The van der Waals surface area contributed by atoms with Gasteiger partial charge in [0, 0.05) is 5.56 Å². The van der Waals surface area contributed by atoms with Gasteiger partial charge in [-0.05, 0) is 22.0 Å². The maximum absolute atomic E-state index is 12.2. The largest absolute Gasteiger partial charge is 0.506 e. The third-order valence-corrected chi connectivity index (χ3v) is 3.08. The molecule has 0 radical (unpaired) electrons. The second-order valence-electron chi connectivity index (χ2n) is 2.66. The molecule has 0 unspecified atom stereocenters. The van der Waals surface area contributed by atoms with E-state index in [-0.39, 0.29) is 20.8 Å². The van der Waals surface area contributed by atoms with Gasteiger partial charge in [0.1, 0.15) is 5.75 Å². The van der Waals surface area contributed by atoms with Crippen LogP contribution in [0, 0.1) is 0 Å². The fourth-order valence-electron chi connectivity index (χ4n) is 0.960. The third kappa shape index (κ3) is 2.16. The third-order valence-electron chi connectivity index (χ3n) is 1.73. The molecule has 0 heterocycles. The topological polar surface area (TPSA) is 46.2 Å². The van der Waals surface area contributed by atoms with Gasteiger partial charge in [0.05, 0.1) is 15.5 Å². The number of phenolic OH excluding ortho intramolecular Hbond substituents is 1. The monoisotopic (exact) mass is 285 g/mol. The lowest BCUT2D eigenvalue weighted by atomic mass is 10.1. The smallest absolute Gasteiger partial charge is 0.257 e. The molecule has 0 bridgehead atoms. The van der Waals surface area contributed by atoms with Crippen LogP contribution >= 0.6 is 27.5 Å². The molecule has 0 aliphatic heterocycles. The first-order valence-electron chi connectivity index (χ1n) is 3.65. The molecule has 0 aromatic heterocycles. The predicted molar refractivity (Wildman–Crippen MR) is 53.7 cm³/mol. The molecule has 0 fully saturated rings. The molecule has 0 saturated carbocycles. The van der Waals surface area contributed by atoms with E-state index in [1.165, 1.54) is 12.1 Å². The van der Waals surface area contributed by atoms with Gasteiger partial charge < -0.3 is 10.8 Å². The lowest BCUT2D eigenvalue weighted by molar-refractivity contribution is 0.115. The van der Waals surface area contributed by atoms with Crippen LogP contribution in [0.4, 0.5) is 8.78 Å². The van der Waals surface area contributed by atoms with Crippen molar-refractivity contribution in [3.8, 4) is 5.75 Å². The first-order valence-corrected chi connectivity index (χ1v) is 4.82. The zero-order chi connectivity index (χ0) is 10.9. The van der Waals surface area contributed by atoms with Gasteiger partial charge in [0.15, 0.2) is 0 Å². The van der Waals surface area contributed by atoms with Gasteiger partial charge in [-0.3, -0.25) is 0 Å². The Kier molecular flexibility index (Phi) is 3.69. The number of aromatic hydroxyl groups is 1. The molecule has 0 saturated heterocycles. The molecule has 6 heteroatoms. The van der Waals surface area contributed by atoms with E-state index >= 15 is 0 Å². The van der Waals surface area contributed by atoms with Crippen molar-refractivity contribution in [2.75, 3.05) is 0 Å². The Hall–Kier alpha value is -0.390. The van der Waals surface area contributed by atoms with Crippen molar-refractivity contribution in [2.24, 2.45) is 5.73 Å². The van der Waals surface area contributed by atoms with Crippen molar-refractivity contribution in [1.29, 1.82) is 0 Å². The number of hydrogen-bond donors (Lipinski definition) is 2. The molecule has 0 spiro atoms. The van der Waals surface area contributed by atoms with Gasteiger partial charge in [0.2, 0.25) is 0 Å². The summed E-state index contributed by atoms with van der Waals surface area (Å²) in [6, 6.07) is 1.16. The fourth-order valence-corrected chi connectivity index (χ4v) is 1.47. The zero-order valence-electron chi connectivity index (χ0n) is 6.85. The molecule has 0 aliphatic rings. The van der Waals surface area contributed by atoms with E-state index in [0.717, 1.165) is 0 Å². The fraction of sp³-hybridized carbons (Fsp3) is 0.250. The summed E-state index contributed by atoms with van der Waals surface area (Å²) in [6.45, 7) is 0. The molecule has 3 N–H and O–H groups in total. The van der Waals surface area contributed by atoms with Crippen molar-refractivity contribution in [1.82, 2.24) is 0 Å². The van der Waals surface area contributed by atoms with Crippen molar-refractivity contribution in [3.05, 3.63) is 27.2 Å². The molecule has 1 atom stereocenters. The lowest BCUT2D eigenvalue weighted by Crippen LogP contribution is -2.19. The van der Waals surface area contributed by atoms with Gasteiger partial charge in [-0.1, -0.05) is 17.7 Å². The normalized spacial score (nSPS) is 13.3. The number of rotatable bonds is 2. The Balaban J connectivity index is 3.17. The highest BCUT2D eigenvalue weighted by molar-refractivity contribution is 9.10. The molecule has 1 rings (SSSR count). The average Bonchev–Trinajstić information content (AvgIpc) is 2.13. The van der Waals surface area contributed by atoms with Crippen molar-refractivity contribution < 1.29 is 13.9 Å². The second kappa shape index (κ2) is 4.42. The number of nitrogens with two attached hydrogens (primary N) is 1. The van der Waals surface area contributed by atoms with Crippen molar-refractivity contribution >= 4 is 27.5 Å². The Morgan fingerprint density at radius 3 is 2.50 bits per heavy atom. The highest BCUT2D eigenvalue weighted by atomic mass is 79.9. The minimum Gasteiger partial charge on any atom is -0.506 e. The van der Waals surface area contributed by atoms with Crippen LogP contribution in [-0.4, -0.2) is 11.5 Å². The Bertz CT molecular complexity index is 348. The molecule has 0 aliphatic carbocycles. The van der Waals surface area contributed by atoms with E-state index in [9.17, 15) is 13.9 Å². The van der Waals surface area contributed by atoms with E-state index in [0.29, 0.717) is 0 Å². The first-order chi connectivity index (χ1) is 6.45. The van der Waals surface area contributed by atoms with Crippen LogP contribution in [0.25, 0.3) is 0 Å². The van der Waals surface area contributed by atoms with Gasteiger partial charge >= 0.3 is 0 Å². The van der Waals surface area contributed by atoms with Gasteiger partial charge in [0.25, 0.3) is 6.43 Å². The summed E-state index contributed by atoms with van der Waals surface area (Å²) < 4.78 is 24.7. The van der Waals surface area contributed by atoms with Crippen LogP contribution in [0.3, 0.4) is 0 Å². The maximum Gasteiger partial charge on any atom is 0.257 e. The Labute approximate surface area is 92.8 Å². The SMILES string of the molecule is N[C@H](c1ccc(Cl)c(Br)c1O)C(F)F. The summed E-state index contributed by atoms with van der Waals surface area (Å²) in [5.41, 5.74) is 5.15. The van der Waals surface area contributed by atoms with E-state index < -0.39 is 12.5 Å². The highest BCUT2D eigenvalue weighted by Gasteiger charge is 2.22. The minimum atomic E-state index is -2.73. The molecular weight excluding hydrogens is 279 g/mol. The van der Waals surface area contributed by atoms with Crippen LogP contribution in [0.1, 0.15) is 11.6 Å². The number of halogens is 4. The minimum absolute atomic E-state index is 0.0312. The van der Waals surface area contributed by atoms with E-state index in [1.54, 1.807) is 0 Å². The van der Waals surface area contributed by atoms with E-state index in [1.807, 2.05) is 0 Å². The molecule has 14 heavy (non-hydrogen) atoms. The van der Waals surface area contributed by atoms with Crippen LogP contribution in [0.2, 0.25) is 5.02 Å². The molecule has 2 nitrogen and oxygen atoms in total. The molecule has 78 valence electrons. The van der Waals surface area contributed by atoms with Crippen LogP contribution < -0.4 is 5.73 Å². The Morgan fingerprint density at radius 2 is 2.00 bits per heavy atom. The zero-order valence-corrected chi connectivity index (χ0v) is 9.19. The summed E-state index contributed by atoms with van der Waals surface area (Å²) in [6.07, 6.45) is -2.73. The standard InChI is InChI=1S/C8H7BrClF2NO/c9-5-4(10)2-1-3(7(5)14)6(13)8(11)12/h1-2,6,8,14H,13H2/t6-/m1/s1. The average molecular weight is 287 g/mol. The highest BCUT2D eigenvalue weighted by Crippen LogP contribution is 2.37. The summed E-state index contributed by atoms with van der Waals surface area (Å²) in [5, 5.41) is 9.70.